The second kappa shape index (κ2) is 10.5. The molecule has 1 fully saturated rings. The molecule has 1 unspecified atom stereocenters. The number of rotatable bonds is 5. The lowest BCUT2D eigenvalue weighted by molar-refractivity contribution is -0.130. The van der Waals surface area contributed by atoms with Crippen molar-refractivity contribution in [1.82, 2.24) is 9.80 Å². The van der Waals surface area contributed by atoms with E-state index in [4.69, 9.17) is 0 Å². The van der Waals surface area contributed by atoms with E-state index in [9.17, 15) is 14.0 Å². The Kier molecular flexibility index (Phi) is 7.22. The molecule has 4 nitrogen and oxygen atoms in total. The Morgan fingerprint density at radius 3 is 2.03 bits per heavy atom. The molecule has 0 aliphatic carbocycles. The van der Waals surface area contributed by atoms with Crippen molar-refractivity contribution in [3.63, 3.8) is 0 Å². The van der Waals surface area contributed by atoms with Gasteiger partial charge in [0.15, 0.2) is 0 Å². The number of thioether (sulfide) groups is 1. The summed E-state index contributed by atoms with van der Waals surface area (Å²) >= 11 is 1.42. The number of benzene rings is 3. The Labute approximate surface area is 192 Å². The van der Waals surface area contributed by atoms with Gasteiger partial charge in [0.1, 0.15) is 11.1 Å². The Morgan fingerprint density at radius 1 is 0.750 bits per heavy atom. The van der Waals surface area contributed by atoms with Crippen LogP contribution in [0, 0.1) is 5.82 Å². The van der Waals surface area contributed by atoms with Gasteiger partial charge in [-0.1, -0.05) is 48.5 Å². The van der Waals surface area contributed by atoms with Gasteiger partial charge in [-0.15, -0.1) is 11.8 Å². The first-order valence-electron chi connectivity index (χ1n) is 10.7. The average molecular weight is 449 g/mol. The SMILES string of the molecule is O=C(c1ccccc1)N1CCCN(C(=O)C(Sc2ccc(F)cc2)c2ccccc2)CC1. The molecule has 164 valence electrons. The van der Waals surface area contributed by atoms with Crippen LogP contribution in [0.3, 0.4) is 0 Å². The van der Waals surface area contributed by atoms with Crippen LogP contribution in [0.2, 0.25) is 0 Å². The van der Waals surface area contributed by atoms with E-state index in [1.54, 1.807) is 12.1 Å². The zero-order valence-electron chi connectivity index (χ0n) is 17.7. The Hall–Kier alpha value is -3.12. The summed E-state index contributed by atoms with van der Waals surface area (Å²) in [6.07, 6.45) is 0.729. The van der Waals surface area contributed by atoms with Crippen LogP contribution in [0.25, 0.3) is 0 Å². The summed E-state index contributed by atoms with van der Waals surface area (Å²) in [5.74, 6) is -0.285. The van der Waals surface area contributed by atoms with Crippen LogP contribution < -0.4 is 0 Å². The fourth-order valence-corrected chi connectivity index (χ4v) is 4.92. The van der Waals surface area contributed by atoms with Crippen LogP contribution in [0.5, 0.6) is 0 Å². The van der Waals surface area contributed by atoms with Crippen LogP contribution in [0.1, 0.15) is 27.6 Å². The molecule has 1 heterocycles. The third kappa shape index (κ3) is 5.37. The lowest BCUT2D eigenvalue weighted by atomic mass is 10.1. The first-order chi connectivity index (χ1) is 15.6. The molecule has 0 aromatic heterocycles. The predicted octanol–water partition coefficient (Wildman–Crippen LogP) is 5.03. The van der Waals surface area contributed by atoms with E-state index in [0.29, 0.717) is 31.7 Å². The van der Waals surface area contributed by atoms with Crippen molar-refractivity contribution >= 4 is 23.6 Å². The molecule has 32 heavy (non-hydrogen) atoms. The molecule has 4 rings (SSSR count). The van der Waals surface area contributed by atoms with Gasteiger partial charge < -0.3 is 9.80 Å². The van der Waals surface area contributed by atoms with E-state index in [2.05, 4.69) is 0 Å². The van der Waals surface area contributed by atoms with Gasteiger partial charge in [-0.3, -0.25) is 9.59 Å². The number of carbonyl (C=O) groups excluding carboxylic acids is 2. The van der Waals surface area contributed by atoms with Crippen LogP contribution in [-0.2, 0) is 4.79 Å². The average Bonchev–Trinajstić information content (AvgIpc) is 3.10. The molecule has 0 saturated carbocycles. The van der Waals surface area contributed by atoms with Crippen molar-refractivity contribution in [3.8, 4) is 0 Å². The molecule has 1 aliphatic heterocycles. The summed E-state index contributed by atoms with van der Waals surface area (Å²) in [5.41, 5.74) is 1.58. The number of hydrogen-bond acceptors (Lipinski definition) is 3. The summed E-state index contributed by atoms with van der Waals surface area (Å²) in [6, 6.07) is 25.1. The molecular weight excluding hydrogens is 423 g/mol. The summed E-state index contributed by atoms with van der Waals surface area (Å²) in [5, 5.41) is -0.432. The highest BCUT2D eigenvalue weighted by molar-refractivity contribution is 8.00. The summed E-state index contributed by atoms with van der Waals surface area (Å²) in [6.45, 7) is 2.22. The highest BCUT2D eigenvalue weighted by Gasteiger charge is 2.29. The van der Waals surface area contributed by atoms with Gasteiger partial charge in [0.2, 0.25) is 5.91 Å². The molecule has 0 radical (unpaired) electrons. The quantitative estimate of drug-likeness (QED) is 0.514. The van der Waals surface area contributed by atoms with E-state index >= 15 is 0 Å². The standard InChI is InChI=1S/C26H25FN2O2S/c27-22-12-14-23(15-13-22)32-24(20-8-3-1-4-9-20)26(31)29-17-7-16-28(18-19-29)25(30)21-10-5-2-6-11-21/h1-6,8-15,24H,7,16-19H2. The molecule has 1 atom stereocenters. The van der Waals surface area contributed by atoms with Crippen LogP contribution in [-0.4, -0.2) is 47.8 Å². The Balaban J connectivity index is 1.49. The van der Waals surface area contributed by atoms with E-state index in [0.717, 1.165) is 16.9 Å². The number of halogens is 1. The molecule has 2 amide bonds. The highest BCUT2D eigenvalue weighted by atomic mass is 32.2. The van der Waals surface area contributed by atoms with Crippen molar-refractivity contribution < 1.29 is 14.0 Å². The van der Waals surface area contributed by atoms with E-state index in [-0.39, 0.29) is 17.6 Å². The minimum absolute atomic E-state index is 0.000181. The topological polar surface area (TPSA) is 40.6 Å². The molecular formula is C26H25FN2O2S. The largest absolute Gasteiger partial charge is 0.340 e. The van der Waals surface area contributed by atoms with Gasteiger partial charge in [0.25, 0.3) is 5.91 Å². The molecule has 1 aliphatic rings. The normalized spacial score (nSPS) is 15.2. The predicted molar refractivity (Wildman–Crippen MR) is 125 cm³/mol. The second-order valence-corrected chi connectivity index (χ2v) is 8.88. The zero-order chi connectivity index (χ0) is 22.3. The van der Waals surface area contributed by atoms with Crippen LogP contribution in [0.15, 0.2) is 89.8 Å². The van der Waals surface area contributed by atoms with Crippen molar-refractivity contribution in [2.24, 2.45) is 0 Å². The zero-order valence-corrected chi connectivity index (χ0v) is 18.5. The third-order valence-electron chi connectivity index (χ3n) is 5.51. The molecule has 3 aromatic rings. The summed E-state index contributed by atoms with van der Waals surface area (Å²) < 4.78 is 13.3. The van der Waals surface area contributed by atoms with Crippen LogP contribution in [0.4, 0.5) is 4.39 Å². The lowest BCUT2D eigenvalue weighted by Crippen LogP contribution is -2.39. The first kappa shape index (κ1) is 22.1. The smallest absolute Gasteiger partial charge is 0.253 e. The van der Waals surface area contributed by atoms with Crippen molar-refractivity contribution in [2.75, 3.05) is 26.2 Å². The van der Waals surface area contributed by atoms with Gasteiger partial charge in [-0.25, -0.2) is 4.39 Å². The van der Waals surface area contributed by atoms with Gasteiger partial charge in [0.05, 0.1) is 0 Å². The maximum Gasteiger partial charge on any atom is 0.253 e. The van der Waals surface area contributed by atoms with Crippen molar-refractivity contribution in [1.29, 1.82) is 0 Å². The van der Waals surface area contributed by atoms with Gasteiger partial charge in [-0.2, -0.15) is 0 Å². The Bertz CT molecular complexity index is 1040. The molecule has 6 heteroatoms. The van der Waals surface area contributed by atoms with Crippen LogP contribution >= 0.6 is 11.8 Å². The van der Waals surface area contributed by atoms with E-state index in [1.165, 1.54) is 23.9 Å². The number of amides is 2. The van der Waals surface area contributed by atoms with E-state index < -0.39 is 5.25 Å². The Morgan fingerprint density at radius 2 is 1.34 bits per heavy atom. The second-order valence-electron chi connectivity index (χ2n) is 7.70. The number of nitrogens with zero attached hydrogens (tertiary/aromatic N) is 2. The molecule has 0 N–H and O–H groups in total. The van der Waals surface area contributed by atoms with Gasteiger partial charge >= 0.3 is 0 Å². The maximum atomic E-state index is 13.6. The number of carbonyl (C=O) groups is 2. The fraction of sp³-hybridized carbons (Fsp3) is 0.231. The van der Waals surface area contributed by atoms with E-state index in [1.807, 2.05) is 70.5 Å². The molecule has 3 aromatic carbocycles. The molecule has 0 bridgehead atoms. The summed E-state index contributed by atoms with van der Waals surface area (Å²) in [7, 11) is 0. The minimum Gasteiger partial charge on any atom is -0.340 e. The first-order valence-corrected chi connectivity index (χ1v) is 11.6. The van der Waals surface area contributed by atoms with Crippen molar-refractivity contribution in [2.45, 2.75) is 16.6 Å². The lowest BCUT2D eigenvalue weighted by Gasteiger charge is -2.26. The van der Waals surface area contributed by atoms with Crippen molar-refractivity contribution in [3.05, 3.63) is 102 Å². The fourth-order valence-electron chi connectivity index (χ4n) is 3.81. The summed E-state index contributed by atoms with van der Waals surface area (Å²) in [4.78, 5) is 31.0. The number of hydrogen-bond donors (Lipinski definition) is 0. The highest BCUT2D eigenvalue weighted by Crippen LogP contribution is 2.37. The monoisotopic (exact) mass is 448 g/mol. The van der Waals surface area contributed by atoms with Gasteiger partial charge in [-0.05, 0) is 48.4 Å². The molecule has 0 spiro atoms. The third-order valence-corrected chi connectivity index (χ3v) is 6.76. The maximum absolute atomic E-state index is 13.6. The van der Waals surface area contributed by atoms with Gasteiger partial charge in [0, 0.05) is 36.6 Å². The minimum atomic E-state index is -0.432. The molecule has 1 saturated heterocycles.